The first-order chi connectivity index (χ1) is 10.6. The molecular formula is C18H18Br2O2. The van der Waals surface area contributed by atoms with Gasteiger partial charge in [-0.3, -0.25) is 0 Å². The maximum atomic E-state index is 9.60. The number of benzene rings is 2. The zero-order chi connectivity index (χ0) is 15.7. The van der Waals surface area contributed by atoms with Gasteiger partial charge in [-0.1, -0.05) is 80.4 Å². The summed E-state index contributed by atoms with van der Waals surface area (Å²) in [5.41, 5.74) is 4.69. The maximum Gasteiger partial charge on any atom is 0.0920 e. The molecule has 22 heavy (non-hydrogen) atoms. The molecule has 4 heteroatoms. The molecule has 4 rings (SSSR count). The molecule has 0 radical (unpaired) electrons. The van der Waals surface area contributed by atoms with Gasteiger partial charge in [0.15, 0.2) is 0 Å². The van der Waals surface area contributed by atoms with E-state index in [4.69, 9.17) is 0 Å². The van der Waals surface area contributed by atoms with Crippen LogP contribution in [0.5, 0.6) is 0 Å². The molecule has 0 saturated heterocycles. The highest BCUT2D eigenvalue weighted by Gasteiger charge is 2.28. The molecule has 0 saturated carbocycles. The van der Waals surface area contributed by atoms with Gasteiger partial charge in [-0.25, -0.2) is 0 Å². The van der Waals surface area contributed by atoms with Gasteiger partial charge < -0.3 is 10.2 Å². The Labute approximate surface area is 147 Å². The van der Waals surface area contributed by atoms with E-state index in [1.165, 1.54) is 11.1 Å². The van der Waals surface area contributed by atoms with Crippen LogP contribution in [-0.2, 0) is 12.8 Å². The summed E-state index contributed by atoms with van der Waals surface area (Å²) in [6.07, 6.45) is 1.26. The molecule has 0 amide bonds. The van der Waals surface area contributed by atoms with Crippen molar-refractivity contribution in [1.82, 2.24) is 0 Å². The van der Waals surface area contributed by atoms with Crippen LogP contribution in [0.3, 0.4) is 0 Å². The van der Waals surface area contributed by atoms with Crippen molar-refractivity contribution in [3.8, 4) is 0 Å². The van der Waals surface area contributed by atoms with Crippen molar-refractivity contribution < 1.29 is 10.2 Å². The minimum Gasteiger partial charge on any atom is -0.387 e. The van der Waals surface area contributed by atoms with Crippen molar-refractivity contribution in [2.24, 2.45) is 0 Å². The molecule has 2 aliphatic rings. The molecule has 0 heterocycles. The molecule has 0 unspecified atom stereocenters. The molecule has 4 atom stereocenters. The van der Waals surface area contributed by atoms with Crippen LogP contribution in [0.4, 0.5) is 0 Å². The number of rotatable bonds is 0. The second-order valence-corrected chi connectivity index (χ2v) is 8.08. The first kappa shape index (κ1) is 16.2. The third-order valence-corrected chi connectivity index (χ3v) is 5.91. The van der Waals surface area contributed by atoms with E-state index in [0.717, 1.165) is 24.0 Å². The highest BCUT2D eigenvalue weighted by atomic mass is 79.9. The number of hydrogen-bond acceptors (Lipinski definition) is 2. The summed E-state index contributed by atoms with van der Waals surface area (Å²) in [6, 6.07) is 16.1. The lowest BCUT2D eigenvalue weighted by Gasteiger charge is -2.05. The Hall–Kier alpha value is -0.680. The normalized spacial score (nSPS) is 28.5. The van der Waals surface area contributed by atoms with Gasteiger partial charge in [0.05, 0.1) is 12.2 Å². The minimum absolute atomic E-state index is 0.208. The lowest BCUT2D eigenvalue weighted by atomic mass is 10.1. The van der Waals surface area contributed by atoms with E-state index in [1.54, 1.807) is 0 Å². The Morgan fingerprint density at radius 3 is 1.41 bits per heavy atom. The van der Waals surface area contributed by atoms with Crippen LogP contribution in [0.1, 0.15) is 34.5 Å². The van der Waals surface area contributed by atoms with Gasteiger partial charge in [-0.15, -0.1) is 0 Å². The summed E-state index contributed by atoms with van der Waals surface area (Å²) >= 11 is 6.87. The summed E-state index contributed by atoms with van der Waals surface area (Å²) in [5.74, 6) is 0. The summed E-state index contributed by atoms with van der Waals surface area (Å²) < 4.78 is 0. The molecule has 0 bridgehead atoms. The third kappa shape index (κ3) is 3.16. The summed E-state index contributed by atoms with van der Waals surface area (Å²) in [4.78, 5) is 0.416. The quantitative estimate of drug-likeness (QED) is 0.624. The van der Waals surface area contributed by atoms with Crippen LogP contribution in [0.15, 0.2) is 48.5 Å². The number of fused-ring (bicyclic) bond motifs is 2. The van der Waals surface area contributed by atoms with Crippen molar-refractivity contribution in [2.45, 2.75) is 34.7 Å². The van der Waals surface area contributed by atoms with E-state index in [-0.39, 0.29) is 21.9 Å². The molecule has 2 aliphatic carbocycles. The van der Waals surface area contributed by atoms with Gasteiger partial charge in [0.2, 0.25) is 0 Å². The number of halogens is 2. The third-order valence-electron chi connectivity index (χ3n) is 4.26. The minimum atomic E-state index is -0.314. The van der Waals surface area contributed by atoms with Crippen LogP contribution >= 0.6 is 31.9 Å². The van der Waals surface area contributed by atoms with E-state index >= 15 is 0 Å². The van der Waals surface area contributed by atoms with Crippen LogP contribution in [0, 0.1) is 0 Å². The molecule has 2 nitrogen and oxygen atoms in total. The number of aliphatic hydroxyl groups is 2. The smallest absolute Gasteiger partial charge is 0.0920 e. The van der Waals surface area contributed by atoms with E-state index < -0.39 is 0 Å². The molecule has 0 fully saturated rings. The van der Waals surface area contributed by atoms with Crippen LogP contribution < -0.4 is 0 Å². The van der Waals surface area contributed by atoms with Crippen molar-refractivity contribution in [3.63, 3.8) is 0 Å². The van der Waals surface area contributed by atoms with E-state index in [0.29, 0.717) is 0 Å². The fraction of sp³-hybridized carbons (Fsp3) is 0.333. The molecule has 2 aromatic rings. The Kier molecular flexibility index (Phi) is 5.03. The summed E-state index contributed by atoms with van der Waals surface area (Å²) in [5, 5.41) is 19.2. The Balaban J connectivity index is 0.000000131. The average molecular weight is 426 g/mol. The topological polar surface area (TPSA) is 40.5 Å². The van der Waals surface area contributed by atoms with Crippen molar-refractivity contribution >= 4 is 31.9 Å². The van der Waals surface area contributed by atoms with Crippen molar-refractivity contribution in [1.29, 1.82) is 0 Å². The zero-order valence-corrected chi connectivity index (χ0v) is 15.2. The van der Waals surface area contributed by atoms with Gasteiger partial charge >= 0.3 is 0 Å². The highest BCUT2D eigenvalue weighted by molar-refractivity contribution is 9.09. The average Bonchev–Trinajstić information content (AvgIpc) is 2.98. The highest BCUT2D eigenvalue weighted by Crippen LogP contribution is 2.36. The lowest BCUT2D eigenvalue weighted by Crippen LogP contribution is -2.03. The summed E-state index contributed by atoms with van der Waals surface area (Å²) in [7, 11) is 0. The number of hydrogen-bond donors (Lipinski definition) is 2. The molecule has 2 aromatic carbocycles. The number of alkyl halides is 2. The molecule has 2 N–H and O–H groups in total. The van der Waals surface area contributed by atoms with E-state index in [2.05, 4.69) is 44.0 Å². The zero-order valence-electron chi connectivity index (χ0n) is 12.0. The monoisotopic (exact) mass is 424 g/mol. The number of aliphatic hydroxyl groups excluding tert-OH is 2. The molecule has 0 aliphatic heterocycles. The maximum absolute atomic E-state index is 9.60. The Morgan fingerprint density at radius 1 is 0.682 bits per heavy atom. The lowest BCUT2D eigenvalue weighted by molar-refractivity contribution is 0.187. The van der Waals surface area contributed by atoms with Crippen molar-refractivity contribution in [3.05, 3.63) is 70.8 Å². The van der Waals surface area contributed by atoms with Gasteiger partial charge in [-0.05, 0) is 35.1 Å². The molecule has 116 valence electrons. The van der Waals surface area contributed by atoms with Gasteiger partial charge in [-0.2, -0.15) is 0 Å². The van der Waals surface area contributed by atoms with Gasteiger partial charge in [0, 0.05) is 9.65 Å². The SMILES string of the molecule is O[C@@H]1c2ccccc2C[C@H]1Br.O[C@H]1c2ccccc2C[C@@H]1Br. The van der Waals surface area contributed by atoms with E-state index in [1.807, 2.05) is 36.4 Å². The second kappa shape index (κ2) is 6.83. The Morgan fingerprint density at radius 2 is 1.05 bits per heavy atom. The largest absolute Gasteiger partial charge is 0.387 e. The second-order valence-electron chi connectivity index (χ2n) is 5.73. The predicted octanol–water partition coefficient (Wildman–Crippen LogP) is 4.08. The van der Waals surface area contributed by atoms with Crippen LogP contribution in [0.25, 0.3) is 0 Å². The fourth-order valence-electron chi connectivity index (χ4n) is 3.05. The van der Waals surface area contributed by atoms with Gasteiger partial charge in [0.25, 0.3) is 0 Å². The molecular weight excluding hydrogens is 408 g/mol. The summed E-state index contributed by atoms with van der Waals surface area (Å²) in [6.45, 7) is 0. The standard InChI is InChI=1S/2C9H9BrO/c2*10-8-5-6-3-1-2-4-7(6)9(8)11/h2*1-4,8-9,11H,5H2/t2*8-,9-/m10/s1. The van der Waals surface area contributed by atoms with Crippen LogP contribution in [0.2, 0.25) is 0 Å². The van der Waals surface area contributed by atoms with Gasteiger partial charge in [0.1, 0.15) is 0 Å². The van der Waals surface area contributed by atoms with Crippen molar-refractivity contribution in [2.75, 3.05) is 0 Å². The first-order valence-corrected chi connectivity index (χ1v) is 9.21. The first-order valence-electron chi connectivity index (χ1n) is 7.38. The Bertz CT molecular complexity index is 602. The predicted molar refractivity (Wildman–Crippen MR) is 95.6 cm³/mol. The molecule has 0 aromatic heterocycles. The van der Waals surface area contributed by atoms with Crippen LogP contribution in [-0.4, -0.2) is 19.9 Å². The van der Waals surface area contributed by atoms with E-state index in [9.17, 15) is 10.2 Å². The fourth-order valence-corrected chi connectivity index (χ4v) is 4.32. The molecule has 0 spiro atoms.